The first kappa shape index (κ1) is 8.72. The van der Waals surface area contributed by atoms with Crippen molar-refractivity contribution in [3.63, 3.8) is 0 Å². The summed E-state index contributed by atoms with van der Waals surface area (Å²) in [5.74, 6) is 1.12. The topological polar surface area (TPSA) is 20.2 Å². The lowest BCUT2D eigenvalue weighted by molar-refractivity contribution is 0.0236. The maximum atomic E-state index is 10.0. The van der Waals surface area contributed by atoms with E-state index in [4.69, 9.17) is 0 Å². The minimum Gasteiger partial charge on any atom is -0.392 e. The van der Waals surface area contributed by atoms with Crippen molar-refractivity contribution in [2.45, 2.75) is 38.2 Å². The first-order valence-electron chi connectivity index (χ1n) is 5.75. The van der Waals surface area contributed by atoms with E-state index in [1.807, 2.05) is 0 Å². The molecule has 4 atom stereocenters. The van der Waals surface area contributed by atoms with Crippen LogP contribution < -0.4 is 0 Å². The van der Waals surface area contributed by atoms with Crippen molar-refractivity contribution in [1.29, 1.82) is 0 Å². The molecule has 1 nitrogen and oxygen atoms in total. The standard InChI is InChI=1S/C13H18O/c1-9-7-13-5-3-2-4-10(13)6-12(14)11(9)8-13/h3,5,10-12,14H,1-2,4,6-8H2/t10-,11-,12-,13-/m1/s1. The van der Waals surface area contributed by atoms with E-state index in [0.29, 0.717) is 11.3 Å². The lowest BCUT2D eigenvalue weighted by atomic mass is 9.63. The minimum absolute atomic E-state index is 0.102. The highest BCUT2D eigenvalue weighted by atomic mass is 16.3. The molecule has 0 heterocycles. The van der Waals surface area contributed by atoms with Gasteiger partial charge in [-0.1, -0.05) is 24.3 Å². The number of hydrogen-bond acceptors (Lipinski definition) is 1. The molecule has 3 aliphatic rings. The van der Waals surface area contributed by atoms with E-state index >= 15 is 0 Å². The number of hydrogen-bond donors (Lipinski definition) is 1. The predicted octanol–water partition coefficient (Wildman–Crippen LogP) is 2.67. The van der Waals surface area contributed by atoms with Gasteiger partial charge in [0, 0.05) is 5.92 Å². The highest BCUT2D eigenvalue weighted by Gasteiger charge is 2.52. The summed E-state index contributed by atoms with van der Waals surface area (Å²) in [7, 11) is 0. The molecular formula is C13H18O. The molecule has 1 N–H and O–H groups in total. The highest BCUT2D eigenvalue weighted by Crippen LogP contribution is 2.59. The van der Waals surface area contributed by atoms with Crippen LogP contribution in [0.1, 0.15) is 32.1 Å². The van der Waals surface area contributed by atoms with Crippen LogP contribution in [-0.2, 0) is 0 Å². The molecule has 3 rings (SSSR count). The van der Waals surface area contributed by atoms with E-state index in [1.165, 1.54) is 18.4 Å². The van der Waals surface area contributed by atoms with Gasteiger partial charge in [0.2, 0.25) is 0 Å². The number of fused-ring (bicyclic) bond motifs is 1. The van der Waals surface area contributed by atoms with Crippen LogP contribution in [0.25, 0.3) is 0 Å². The fourth-order valence-corrected chi connectivity index (χ4v) is 3.87. The number of aliphatic hydroxyl groups excluding tert-OH is 1. The molecule has 0 radical (unpaired) electrons. The fourth-order valence-electron chi connectivity index (χ4n) is 3.87. The summed E-state index contributed by atoms with van der Waals surface area (Å²) in [6, 6.07) is 0. The van der Waals surface area contributed by atoms with Crippen LogP contribution in [0.4, 0.5) is 0 Å². The zero-order chi connectivity index (χ0) is 9.76. The molecule has 0 unspecified atom stereocenters. The number of allylic oxidation sites excluding steroid dienone is 2. The lowest BCUT2D eigenvalue weighted by Crippen LogP contribution is -2.37. The number of rotatable bonds is 0. The third kappa shape index (κ3) is 0.993. The van der Waals surface area contributed by atoms with Crippen LogP contribution in [0.2, 0.25) is 0 Å². The summed E-state index contributed by atoms with van der Waals surface area (Å²) in [6.45, 7) is 4.14. The second kappa shape index (κ2) is 2.73. The van der Waals surface area contributed by atoms with Gasteiger partial charge in [0.1, 0.15) is 0 Å². The Balaban J connectivity index is 2.01. The van der Waals surface area contributed by atoms with Crippen LogP contribution in [-0.4, -0.2) is 11.2 Å². The first-order chi connectivity index (χ1) is 6.71. The van der Waals surface area contributed by atoms with Crippen LogP contribution in [0.5, 0.6) is 0 Å². The van der Waals surface area contributed by atoms with Gasteiger partial charge in [-0.05, 0) is 43.4 Å². The van der Waals surface area contributed by atoms with E-state index in [0.717, 1.165) is 25.2 Å². The number of aliphatic hydroxyl groups is 1. The van der Waals surface area contributed by atoms with Crippen molar-refractivity contribution < 1.29 is 5.11 Å². The highest BCUT2D eigenvalue weighted by molar-refractivity contribution is 5.26. The van der Waals surface area contributed by atoms with Gasteiger partial charge in [0.05, 0.1) is 6.10 Å². The van der Waals surface area contributed by atoms with Crippen molar-refractivity contribution in [3.05, 3.63) is 24.3 Å². The van der Waals surface area contributed by atoms with Crippen molar-refractivity contribution in [3.8, 4) is 0 Å². The van der Waals surface area contributed by atoms with Crippen molar-refractivity contribution >= 4 is 0 Å². The normalized spacial score (nSPS) is 50.6. The molecule has 0 aromatic heterocycles. The molecule has 0 saturated heterocycles. The van der Waals surface area contributed by atoms with Gasteiger partial charge in [0.25, 0.3) is 0 Å². The van der Waals surface area contributed by atoms with Gasteiger partial charge in [-0.25, -0.2) is 0 Å². The Morgan fingerprint density at radius 2 is 2.36 bits per heavy atom. The molecule has 1 heteroatoms. The Morgan fingerprint density at radius 3 is 3.21 bits per heavy atom. The molecule has 0 aliphatic heterocycles. The smallest absolute Gasteiger partial charge is 0.0608 e. The molecule has 0 aromatic carbocycles. The van der Waals surface area contributed by atoms with E-state index in [2.05, 4.69) is 18.7 Å². The second-order valence-corrected chi connectivity index (χ2v) is 5.36. The Kier molecular flexibility index (Phi) is 1.70. The van der Waals surface area contributed by atoms with Crippen molar-refractivity contribution in [1.82, 2.24) is 0 Å². The molecule has 1 spiro atoms. The minimum atomic E-state index is -0.102. The second-order valence-electron chi connectivity index (χ2n) is 5.36. The Bertz CT molecular complexity index is 304. The first-order valence-corrected chi connectivity index (χ1v) is 5.75. The molecule has 14 heavy (non-hydrogen) atoms. The Morgan fingerprint density at radius 1 is 1.50 bits per heavy atom. The molecule has 2 saturated carbocycles. The maximum Gasteiger partial charge on any atom is 0.0608 e. The summed E-state index contributed by atoms with van der Waals surface area (Å²) in [5.41, 5.74) is 1.70. The lowest BCUT2D eigenvalue weighted by Gasteiger charge is -2.43. The quantitative estimate of drug-likeness (QED) is 0.582. The van der Waals surface area contributed by atoms with Gasteiger partial charge in [0.15, 0.2) is 0 Å². The van der Waals surface area contributed by atoms with E-state index in [1.54, 1.807) is 0 Å². The van der Waals surface area contributed by atoms with E-state index < -0.39 is 0 Å². The zero-order valence-corrected chi connectivity index (χ0v) is 8.58. The molecule has 3 aliphatic carbocycles. The third-order valence-corrected chi connectivity index (χ3v) is 4.62. The van der Waals surface area contributed by atoms with Gasteiger partial charge < -0.3 is 5.11 Å². The van der Waals surface area contributed by atoms with Crippen LogP contribution in [0.3, 0.4) is 0 Å². The summed E-state index contributed by atoms with van der Waals surface area (Å²) in [4.78, 5) is 0. The molecule has 0 aromatic rings. The van der Waals surface area contributed by atoms with Crippen molar-refractivity contribution in [2.75, 3.05) is 0 Å². The predicted molar refractivity (Wildman–Crippen MR) is 56.8 cm³/mol. The average Bonchev–Trinajstić information content (AvgIpc) is 2.44. The van der Waals surface area contributed by atoms with Crippen molar-refractivity contribution in [2.24, 2.45) is 17.3 Å². The van der Waals surface area contributed by atoms with Gasteiger partial charge in [-0.15, -0.1) is 0 Å². The molecule has 2 bridgehead atoms. The summed E-state index contributed by atoms with van der Waals surface area (Å²) in [6.07, 6.45) is 10.4. The summed E-state index contributed by atoms with van der Waals surface area (Å²) < 4.78 is 0. The average molecular weight is 190 g/mol. The van der Waals surface area contributed by atoms with E-state index in [9.17, 15) is 5.11 Å². The SMILES string of the molecule is C=C1C[C@@]23C=CCC[C@@H]2C[C@@H](O)[C@@H]1C3. The van der Waals surface area contributed by atoms with Gasteiger partial charge in [-0.3, -0.25) is 0 Å². The molecular weight excluding hydrogens is 172 g/mol. The summed E-state index contributed by atoms with van der Waals surface area (Å²) >= 11 is 0. The van der Waals surface area contributed by atoms with Crippen LogP contribution in [0.15, 0.2) is 24.3 Å². The van der Waals surface area contributed by atoms with Gasteiger partial charge >= 0.3 is 0 Å². The molecule has 76 valence electrons. The van der Waals surface area contributed by atoms with Crippen LogP contribution >= 0.6 is 0 Å². The van der Waals surface area contributed by atoms with Crippen LogP contribution in [0, 0.1) is 17.3 Å². The summed E-state index contributed by atoms with van der Waals surface area (Å²) in [5, 5.41) is 10.0. The maximum absolute atomic E-state index is 10.0. The van der Waals surface area contributed by atoms with E-state index in [-0.39, 0.29) is 6.10 Å². The molecule has 0 amide bonds. The Hall–Kier alpha value is -0.560. The monoisotopic (exact) mass is 190 g/mol. The fraction of sp³-hybridized carbons (Fsp3) is 0.692. The Labute approximate surface area is 85.5 Å². The zero-order valence-electron chi connectivity index (χ0n) is 8.58. The third-order valence-electron chi connectivity index (χ3n) is 4.62. The largest absolute Gasteiger partial charge is 0.392 e. The van der Waals surface area contributed by atoms with Gasteiger partial charge in [-0.2, -0.15) is 0 Å². The molecule has 2 fully saturated rings.